The molecule has 9 nitrogen and oxygen atoms in total. The molecule has 1 amide bonds. The molecule has 0 saturated heterocycles. The van der Waals surface area contributed by atoms with Crippen LogP contribution in [0.5, 0.6) is 0 Å². The molecular weight excluding hydrogens is 360 g/mol. The van der Waals surface area contributed by atoms with Gasteiger partial charge < -0.3 is 9.47 Å². The summed E-state index contributed by atoms with van der Waals surface area (Å²) in [4.78, 5) is 43.7. The van der Waals surface area contributed by atoms with Gasteiger partial charge in [0.25, 0.3) is 5.56 Å². The summed E-state index contributed by atoms with van der Waals surface area (Å²) in [6, 6.07) is 10.3. The summed E-state index contributed by atoms with van der Waals surface area (Å²) in [5.41, 5.74) is 0.0642. The second-order valence-electron chi connectivity index (χ2n) is 6.44. The number of benzene rings is 1. The van der Waals surface area contributed by atoms with Crippen molar-refractivity contribution in [3.63, 3.8) is 0 Å². The highest BCUT2D eigenvalue weighted by molar-refractivity contribution is 5.96. The quantitative estimate of drug-likeness (QED) is 0.655. The minimum Gasteiger partial charge on any atom is -0.312 e. The second-order valence-corrected chi connectivity index (χ2v) is 6.44. The molecule has 0 spiro atoms. The van der Waals surface area contributed by atoms with Gasteiger partial charge in [-0.3, -0.25) is 18.7 Å². The van der Waals surface area contributed by atoms with Gasteiger partial charge in [0.05, 0.1) is 18.8 Å². The molecule has 0 N–H and O–H groups in total. The molecular formula is C19H20N6O3. The van der Waals surface area contributed by atoms with Crippen LogP contribution in [0.3, 0.4) is 0 Å². The van der Waals surface area contributed by atoms with Crippen molar-refractivity contribution in [1.29, 1.82) is 5.26 Å². The van der Waals surface area contributed by atoms with Crippen LogP contribution in [0.15, 0.2) is 46.2 Å². The number of hydrogen-bond donors (Lipinski definition) is 0. The summed E-state index contributed by atoms with van der Waals surface area (Å²) in [7, 11) is 2.91. The zero-order chi connectivity index (χ0) is 20.4. The number of anilines is 1. The first-order chi connectivity index (χ1) is 13.4. The number of amides is 1. The van der Waals surface area contributed by atoms with Gasteiger partial charge in [0.1, 0.15) is 6.04 Å². The lowest BCUT2D eigenvalue weighted by molar-refractivity contribution is -0.121. The topological polar surface area (TPSA) is 106 Å². The lowest BCUT2D eigenvalue weighted by Crippen LogP contribution is -2.40. The SMILES string of the molecule is C[C@H](C(=O)N(CCC#N)c1ccccc1)n1cnc2c1c(=O)n(C)c(=O)n2C. The van der Waals surface area contributed by atoms with E-state index in [4.69, 9.17) is 5.26 Å². The highest BCUT2D eigenvalue weighted by Gasteiger charge is 2.26. The van der Waals surface area contributed by atoms with Crippen molar-refractivity contribution in [3.8, 4) is 6.07 Å². The molecule has 0 aliphatic heterocycles. The van der Waals surface area contributed by atoms with Gasteiger partial charge in [0.2, 0.25) is 5.91 Å². The van der Waals surface area contributed by atoms with Gasteiger partial charge in [-0.05, 0) is 19.1 Å². The third-order valence-corrected chi connectivity index (χ3v) is 4.73. The van der Waals surface area contributed by atoms with Gasteiger partial charge >= 0.3 is 5.69 Å². The summed E-state index contributed by atoms with van der Waals surface area (Å²) in [5, 5.41) is 8.95. The van der Waals surface area contributed by atoms with Gasteiger partial charge in [0.15, 0.2) is 11.2 Å². The van der Waals surface area contributed by atoms with Crippen molar-refractivity contribution in [1.82, 2.24) is 18.7 Å². The zero-order valence-corrected chi connectivity index (χ0v) is 15.9. The molecule has 0 unspecified atom stereocenters. The van der Waals surface area contributed by atoms with E-state index in [1.807, 2.05) is 18.2 Å². The van der Waals surface area contributed by atoms with E-state index < -0.39 is 17.3 Å². The lowest BCUT2D eigenvalue weighted by Gasteiger charge is -2.26. The molecule has 0 fully saturated rings. The lowest BCUT2D eigenvalue weighted by atomic mass is 10.2. The van der Waals surface area contributed by atoms with Crippen LogP contribution in [0.1, 0.15) is 19.4 Å². The summed E-state index contributed by atoms with van der Waals surface area (Å²) in [5.74, 6) is -0.281. The standard InChI is InChI=1S/C19H20N6O3/c1-13(17(26)24(11-7-10-20)14-8-5-4-6-9-14)25-12-21-16-15(25)18(27)23(3)19(28)22(16)2/h4-6,8-9,12-13H,7,11H2,1-3H3/t13-/m1/s1. The van der Waals surface area contributed by atoms with Crippen LogP contribution >= 0.6 is 0 Å². The van der Waals surface area contributed by atoms with Crippen LogP contribution < -0.4 is 16.1 Å². The molecule has 3 rings (SSSR count). The summed E-state index contributed by atoms with van der Waals surface area (Å²) in [6.07, 6.45) is 1.57. The molecule has 2 aromatic heterocycles. The van der Waals surface area contributed by atoms with Crippen molar-refractivity contribution >= 4 is 22.8 Å². The Bertz CT molecular complexity index is 1180. The van der Waals surface area contributed by atoms with Crippen LogP contribution in [0.4, 0.5) is 5.69 Å². The predicted molar refractivity (Wildman–Crippen MR) is 104 cm³/mol. The predicted octanol–water partition coefficient (Wildman–Crippen LogP) is 0.942. The van der Waals surface area contributed by atoms with Crippen molar-refractivity contribution < 1.29 is 4.79 Å². The first-order valence-electron chi connectivity index (χ1n) is 8.74. The Morgan fingerprint density at radius 3 is 2.54 bits per heavy atom. The van der Waals surface area contributed by atoms with Gasteiger partial charge in [-0.2, -0.15) is 5.26 Å². The molecule has 9 heteroatoms. The third-order valence-electron chi connectivity index (χ3n) is 4.73. The number of aryl methyl sites for hydroxylation is 1. The maximum absolute atomic E-state index is 13.2. The molecule has 0 bridgehead atoms. The molecule has 28 heavy (non-hydrogen) atoms. The highest BCUT2D eigenvalue weighted by Crippen LogP contribution is 2.21. The number of nitriles is 1. The van der Waals surface area contributed by atoms with Crippen LogP contribution in [0, 0.1) is 11.3 Å². The van der Waals surface area contributed by atoms with Crippen LogP contribution in [0.25, 0.3) is 11.2 Å². The Morgan fingerprint density at radius 1 is 1.21 bits per heavy atom. The van der Waals surface area contributed by atoms with Crippen LogP contribution in [-0.4, -0.2) is 31.1 Å². The molecule has 0 radical (unpaired) electrons. The minimum absolute atomic E-state index is 0.175. The van der Waals surface area contributed by atoms with Crippen molar-refractivity contribution in [2.75, 3.05) is 11.4 Å². The smallest absolute Gasteiger partial charge is 0.312 e. The number of rotatable bonds is 5. The molecule has 144 valence electrons. The Kier molecular flexibility index (Phi) is 5.13. The van der Waals surface area contributed by atoms with E-state index in [0.717, 1.165) is 4.57 Å². The number of hydrogen-bond acceptors (Lipinski definition) is 5. The van der Waals surface area contributed by atoms with Crippen LogP contribution in [-0.2, 0) is 18.9 Å². The van der Waals surface area contributed by atoms with E-state index in [1.165, 1.54) is 34.5 Å². The molecule has 2 heterocycles. The fraction of sp³-hybridized carbons (Fsp3) is 0.316. The number of imidazole rings is 1. The average Bonchev–Trinajstić information content (AvgIpc) is 3.16. The Hall–Kier alpha value is -3.67. The monoisotopic (exact) mass is 380 g/mol. The van der Waals surface area contributed by atoms with Gasteiger partial charge in [-0.25, -0.2) is 9.78 Å². The van der Waals surface area contributed by atoms with E-state index in [-0.39, 0.29) is 30.0 Å². The summed E-state index contributed by atoms with van der Waals surface area (Å²) in [6.45, 7) is 1.89. The molecule has 0 saturated carbocycles. The Morgan fingerprint density at radius 2 is 1.89 bits per heavy atom. The van der Waals surface area contributed by atoms with Gasteiger partial charge in [-0.1, -0.05) is 18.2 Å². The largest absolute Gasteiger partial charge is 0.332 e. The van der Waals surface area contributed by atoms with E-state index in [0.29, 0.717) is 5.69 Å². The highest BCUT2D eigenvalue weighted by atomic mass is 16.2. The minimum atomic E-state index is -0.755. The maximum Gasteiger partial charge on any atom is 0.332 e. The molecule has 0 aliphatic carbocycles. The summed E-state index contributed by atoms with van der Waals surface area (Å²) < 4.78 is 3.74. The molecule has 3 aromatic rings. The first-order valence-corrected chi connectivity index (χ1v) is 8.74. The second kappa shape index (κ2) is 7.52. The number of aromatic nitrogens is 4. The number of carbonyl (C=O) groups excluding carboxylic acids is 1. The van der Waals surface area contributed by atoms with E-state index in [1.54, 1.807) is 19.1 Å². The number of fused-ring (bicyclic) bond motifs is 1. The first kappa shape index (κ1) is 19.1. The Balaban J connectivity index is 2.09. The Labute approximate surface area is 160 Å². The summed E-state index contributed by atoms with van der Waals surface area (Å²) >= 11 is 0. The number of nitrogens with zero attached hydrogens (tertiary/aromatic N) is 6. The van der Waals surface area contributed by atoms with Crippen molar-refractivity contribution in [3.05, 3.63) is 57.5 Å². The normalized spacial score (nSPS) is 11.9. The fourth-order valence-corrected chi connectivity index (χ4v) is 3.14. The van der Waals surface area contributed by atoms with E-state index >= 15 is 0 Å². The van der Waals surface area contributed by atoms with E-state index in [2.05, 4.69) is 11.1 Å². The van der Waals surface area contributed by atoms with Crippen molar-refractivity contribution in [2.45, 2.75) is 19.4 Å². The fourth-order valence-electron chi connectivity index (χ4n) is 3.14. The van der Waals surface area contributed by atoms with E-state index in [9.17, 15) is 14.4 Å². The molecule has 1 aromatic carbocycles. The number of carbonyl (C=O) groups is 1. The zero-order valence-electron chi connectivity index (χ0n) is 15.9. The van der Waals surface area contributed by atoms with Gasteiger partial charge in [0, 0.05) is 26.3 Å². The number of para-hydroxylation sites is 1. The van der Waals surface area contributed by atoms with Crippen LogP contribution in [0.2, 0.25) is 0 Å². The molecule has 1 atom stereocenters. The maximum atomic E-state index is 13.2. The third kappa shape index (κ3) is 3.09. The van der Waals surface area contributed by atoms with Gasteiger partial charge in [-0.15, -0.1) is 0 Å². The molecule has 0 aliphatic rings. The van der Waals surface area contributed by atoms with Crippen molar-refractivity contribution in [2.24, 2.45) is 14.1 Å². The average molecular weight is 380 g/mol.